The number of hydrogen-bond donors (Lipinski definition) is 0. The van der Waals surface area contributed by atoms with Crippen LogP contribution in [-0.4, -0.2) is 25.4 Å². The van der Waals surface area contributed by atoms with Gasteiger partial charge < -0.3 is 9.47 Å². The molecular weight excluding hydrogens is 261 g/mol. The lowest BCUT2D eigenvalue weighted by Crippen LogP contribution is -2.23. The number of ketones is 1. The summed E-state index contributed by atoms with van der Waals surface area (Å²) < 4.78 is 45.3. The van der Waals surface area contributed by atoms with Gasteiger partial charge in [0, 0.05) is 24.7 Å². The third-order valence-electron chi connectivity index (χ3n) is 2.94. The Hall–Kier alpha value is -1.56. The molecule has 1 aliphatic rings. The average Bonchev–Trinajstić information content (AvgIpc) is 2.37. The van der Waals surface area contributed by atoms with E-state index in [4.69, 9.17) is 4.74 Å². The lowest BCUT2D eigenvalue weighted by Gasteiger charge is -2.21. The van der Waals surface area contributed by atoms with E-state index in [0.717, 1.165) is 6.07 Å². The summed E-state index contributed by atoms with van der Waals surface area (Å²) in [6, 6.07) is 5.19. The van der Waals surface area contributed by atoms with E-state index in [1.54, 1.807) is 0 Å². The van der Waals surface area contributed by atoms with Crippen molar-refractivity contribution < 1.29 is 27.4 Å². The summed E-state index contributed by atoms with van der Waals surface area (Å²) in [6.45, 7) is 1.02. The summed E-state index contributed by atoms with van der Waals surface area (Å²) in [5, 5.41) is 0. The highest BCUT2D eigenvalue weighted by Gasteiger charge is 2.31. The van der Waals surface area contributed by atoms with Crippen LogP contribution in [-0.2, 0) is 4.74 Å². The smallest absolute Gasteiger partial charge is 0.406 e. The standard InChI is InChI=1S/C13H13F3O3/c14-13(15,16)19-11-3-1-2-10(8-11)12(17)9-4-6-18-7-5-9/h1-3,8-9H,4-7H2. The second-order valence-electron chi connectivity index (χ2n) is 4.33. The van der Waals surface area contributed by atoms with Crippen LogP contribution >= 0.6 is 0 Å². The highest BCUT2D eigenvalue weighted by molar-refractivity contribution is 5.98. The molecule has 3 nitrogen and oxygen atoms in total. The van der Waals surface area contributed by atoms with Gasteiger partial charge in [-0.3, -0.25) is 4.79 Å². The predicted molar refractivity (Wildman–Crippen MR) is 61.0 cm³/mol. The Kier molecular flexibility index (Phi) is 4.09. The zero-order valence-corrected chi connectivity index (χ0v) is 10.1. The minimum absolute atomic E-state index is 0.157. The molecule has 0 aromatic heterocycles. The lowest BCUT2D eigenvalue weighted by molar-refractivity contribution is -0.274. The quantitative estimate of drug-likeness (QED) is 0.794. The zero-order valence-electron chi connectivity index (χ0n) is 10.1. The van der Waals surface area contributed by atoms with Gasteiger partial charge in [0.05, 0.1) is 0 Å². The van der Waals surface area contributed by atoms with E-state index in [0.29, 0.717) is 26.1 Å². The minimum Gasteiger partial charge on any atom is -0.406 e. The number of carbonyl (C=O) groups is 1. The van der Waals surface area contributed by atoms with Crippen molar-refractivity contribution in [2.75, 3.05) is 13.2 Å². The van der Waals surface area contributed by atoms with Gasteiger partial charge in [-0.05, 0) is 25.0 Å². The van der Waals surface area contributed by atoms with Crippen LogP contribution in [0.5, 0.6) is 5.75 Å². The molecule has 104 valence electrons. The molecule has 1 saturated heterocycles. The van der Waals surface area contributed by atoms with E-state index in [1.165, 1.54) is 18.2 Å². The normalized spacial score (nSPS) is 17.2. The van der Waals surface area contributed by atoms with Gasteiger partial charge in [-0.25, -0.2) is 0 Å². The number of carbonyl (C=O) groups excluding carboxylic acids is 1. The fourth-order valence-corrected chi connectivity index (χ4v) is 2.04. The van der Waals surface area contributed by atoms with Crippen LogP contribution in [0.3, 0.4) is 0 Å². The number of alkyl halides is 3. The van der Waals surface area contributed by atoms with Crippen molar-refractivity contribution in [2.24, 2.45) is 5.92 Å². The monoisotopic (exact) mass is 274 g/mol. The first kappa shape index (κ1) is 13.9. The first-order chi connectivity index (χ1) is 8.96. The van der Waals surface area contributed by atoms with Gasteiger partial charge in [-0.15, -0.1) is 13.2 Å². The van der Waals surface area contributed by atoms with E-state index in [-0.39, 0.29) is 23.0 Å². The van der Waals surface area contributed by atoms with Gasteiger partial charge in [-0.1, -0.05) is 12.1 Å². The Morgan fingerprint density at radius 1 is 1.26 bits per heavy atom. The van der Waals surface area contributed by atoms with Crippen molar-refractivity contribution in [3.63, 3.8) is 0 Å². The molecule has 1 fully saturated rings. The number of rotatable bonds is 3. The van der Waals surface area contributed by atoms with E-state index >= 15 is 0 Å². The van der Waals surface area contributed by atoms with Crippen LogP contribution in [0.4, 0.5) is 13.2 Å². The van der Waals surface area contributed by atoms with E-state index < -0.39 is 6.36 Å². The molecule has 0 aliphatic carbocycles. The Labute approximate surface area is 108 Å². The first-order valence-electron chi connectivity index (χ1n) is 5.93. The Morgan fingerprint density at radius 2 is 1.95 bits per heavy atom. The van der Waals surface area contributed by atoms with Crippen LogP contribution in [0.25, 0.3) is 0 Å². The highest BCUT2D eigenvalue weighted by Crippen LogP contribution is 2.26. The second kappa shape index (κ2) is 5.61. The van der Waals surface area contributed by atoms with Gasteiger partial charge in [0.2, 0.25) is 0 Å². The maximum atomic E-state index is 12.1. The maximum Gasteiger partial charge on any atom is 0.573 e. The average molecular weight is 274 g/mol. The summed E-state index contributed by atoms with van der Waals surface area (Å²) in [5.41, 5.74) is 0.244. The summed E-state index contributed by atoms with van der Waals surface area (Å²) in [7, 11) is 0. The highest BCUT2D eigenvalue weighted by atomic mass is 19.4. The van der Waals surface area contributed by atoms with Gasteiger partial charge in [-0.2, -0.15) is 0 Å². The van der Waals surface area contributed by atoms with E-state index in [2.05, 4.69) is 4.74 Å². The Balaban J connectivity index is 2.11. The molecule has 0 atom stereocenters. The minimum atomic E-state index is -4.75. The molecule has 19 heavy (non-hydrogen) atoms. The molecule has 1 aromatic rings. The molecule has 0 unspecified atom stereocenters. The van der Waals surface area contributed by atoms with Crippen molar-refractivity contribution in [2.45, 2.75) is 19.2 Å². The molecule has 0 spiro atoms. The summed E-state index contributed by atoms with van der Waals surface area (Å²) in [6.07, 6.45) is -3.55. The molecule has 1 heterocycles. The number of hydrogen-bond acceptors (Lipinski definition) is 3. The lowest BCUT2D eigenvalue weighted by atomic mass is 9.91. The molecule has 1 aliphatic heterocycles. The molecule has 0 radical (unpaired) electrons. The second-order valence-corrected chi connectivity index (χ2v) is 4.33. The van der Waals surface area contributed by atoms with Crippen LogP contribution in [0, 0.1) is 5.92 Å². The van der Waals surface area contributed by atoms with E-state index in [9.17, 15) is 18.0 Å². The van der Waals surface area contributed by atoms with Gasteiger partial charge in [0.1, 0.15) is 5.75 Å². The third kappa shape index (κ3) is 3.96. The topological polar surface area (TPSA) is 35.5 Å². The fraction of sp³-hybridized carbons (Fsp3) is 0.462. The SMILES string of the molecule is O=C(c1cccc(OC(F)(F)F)c1)C1CCOCC1. The van der Waals surface area contributed by atoms with Crippen LogP contribution in [0.1, 0.15) is 23.2 Å². The van der Waals surface area contributed by atoms with Gasteiger partial charge >= 0.3 is 6.36 Å². The number of halogens is 3. The van der Waals surface area contributed by atoms with E-state index in [1.807, 2.05) is 0 Å². The maximum absolute atomic E-state index is 12.1. The van der Waals surface area contributed by atoms with Crippen molar-refractivity contribution in [3.8, 4) is 5.75 Å². The first-order valence-corrected chi connectivity index (χ1v) is 5.93. The van der Waals surface area contributed by atoms with Gasteiger partial charge in [0.15, 0.2) is 5.78 Å². The van der Waals surface area contributed by atoms with Crippen molar-refractivity contribution in [3.05, 3.63) is 29.8 Å². The molecule has 0 saturated carbocycles. The molecule has 0 bridgehead atoms. The molecule has 0 N–H and O–H groups in total. The fourth-order valence-electron chi connectivity index (χ4n) is 2.04. The third-order valence-corrected chi connectivity index (χ3v) is 2.94. The largest absolute Gasteiger partial charge is 0.573 e. The van der Waals surface area contributed by atoms with Crippen molar-refractivity contribution in [1.82, 2.24) is 0 Å². The van der Waals surface area contributed by atoms with Crippen LogP contribution < -0.4 is 4.74 Å². The summed E-state index contributed by atoms with van der Waals surface area (Å²) >= 11 is 0. The van der Waals surface area contributed by atoms with Crippen molar-refractivity contribution in [1.29, 1.82) is 0 Å². The number of Topliss-reactive ketones (excluding diaryl/α,β-unsaturated/α-hetero) is 1. The van der Waals surface area contributed by atoms with Crippen LogP contribution in [0.2, 0.25) is 0 Å². The number of ether oxygens (including phenoxy) is 2. The molecule has 0 amide bonds. The zero-order chi connectivity index (χ0) is 13.9. The number of benzene rings is 1. The molecule has 6 heteroatoms. The Morgan fingerprint density at radius 3 is 2.58 bits per heavy atom. The van der Waals surface area contributed by atoms with Crippen LogP contribution in [0.15, 0.2) is 24.3 Å². The Bertz CT molecular complexity index is 451. The molecule has 1 aromatic carbocycles. The predicted octanol–water partition coefficient (Wildman–Crippen LogP) is 3.19. The van der Waals surface area contributed by atoms with Crippen molar-refractivity contribution >= 4 is 5.78 Å². The molecular formula is C13H13F3O3. The summed E-state index contributed by atoms with van der Waals surface area (Å²) in [4.78, 5) is 12.1. The summed E-state index contributed by atoms with van der Waals surface area (Å²) in [5.74, 6) is -0.712. The van der Waals surface area contributed by atoms with Gasteiger partial charge in [0.25, 0.3) is 0 Å². The molecule has 2 rings (SSSR count).